The fourth-order valence-corrected chi connectivity index (χ4v) is 6.30. The lowest BCUT2D eigenvalue weighted by molar-refractivity contribution is -0.132. The van der Waals surface area contributed by atoms with Crippen LogP contribution in [0.25, 0.3) is 0 Å². The van der Waals surface area contributed by atoms with Gasteiger partial charge >= 0.3 is 0 Å². The number of halogens is 2. The molecule has 2 aliphatic heterocycles. The van der Waals surface area contributed by atoms with E-state index in [1.165, 1.54) is 18.4 Å². The van der Waals surface area contributed by atoms with Gasteiger partial charge in [-0.15, -0.1) is 0 Å². The van der Waals surface area contributed by atoms with E-state index in [0.717, 1.165) is 18.9 Å². The molecule has 0 saturated carbocycles. The lowest BCUT2D eigenvalue weighted by atomic mass is 9.86. The van der Waals surface area contributed by atoms with Crippen LogP contribution >= 0.6 is 0 Å². The summed E-state index contributed by atoms with van der Waals surface area (Å²) in [4.78, 5) is 14.2. The van der Waals surface area contributed by atoms with E-state index < -0.39 is 27.2 Å². The Bertz CT molecular complexity index is 838. The van der Waals surface area contributed by atoms with Crippen LogP contribution in [0.4, 0.5) is 8.78 Å². The minimum Gasteiger partial charge on any atom is -0.383 e. The van der Waals surface area contributed by atoms with Crippen LogP contribution in [0.3, 0.4) is 0 Å². The second kappa shape index (κ2) is 8.04. The number of hydrogen-bond donors (Lipinski definition) is 0. The van der Waals surface area contributed by atoms with Crippen molar-refractivity contribution in [3.05, 3.63) is 35.4 Å². The first kappa shape index (κ1) is 21.1. The first-order valence-corrected chi connectivity index (χ1v) is 11.2. The fourth-order valence-electron chi connectivity index (χ4n) is 4.62. The lowest BCUT2D eigenvalue weighted by Gasteiger charge is -2.45. The largest absolute Gasteiger partial charge is 0.383 e. The highest BCUT2D eigenvalue weighted by Crippen LogP contribution is 2.43. The predicted molar refractivity (Wildman–Crippen MR) is 100 cm³/mol. The maximum atomic E-state index is 13.8. The summed E-state index contributed by atoms with van der Waals surface area (Å²) in [6.07, 6.45) is 3.51. The molecule has 0 aromatic heterocycles. The Hall–Kier alpha value is -1.58. The average Bonchev–Trinajstić information content (AvgIpc) is 2.98. The third kappa shape index (κ3) is 4.06. The molecule has 0 unspecified atom stereocenters. The number of amides is 1. The van der Waals surface area contributed by atoms with Crippen LogP contribution < -0.4 is 0 Å². The molecule has 1 aromatic carbocycles. The van der Waals surface area contributed by atoms with Gasteiger partial charge in [-0.25, -0.2) is 17.2 Å². The van der Waals surface area contributed by atoms with Gasteiger partial charge in [0.15, 0.2) is 11.6 Å². The zero-order valence-corrected chi connectivity index (χ0v) is 17.0. The number of likely N-dealkylation sites (tertiary alicyclic amines) is 1. The number of carbonyl (C=O) groups is 1. The molecule has 9 heteroatoms. The van der Waals surface area contributed by atoms with Crippen molar-refractivity contribution in [3.63, 3.8) is 0 Å². The summed E-state index contributed by atoms with van der Waals surface area (Å²) in [5.74, 6) is -2.25. The minimum atomic E-state index is -3.42. The highest BCUT2D eigenvalue weighted by atomic mass is 32.2. The molecule has 2 saturated heterocycles. The lowest BCUT2D eigenvalue weighted by Crippen LogP contribution is -2.57. The molecule has 28 heavy (non-hydrogen) atoms. The van der Waals surface area contributed by atoms with E-state index in [1.54, 1.807) is 16.3 Å². The Morgan fingerprint density at radius 3 is 2.54 bits per heavy atom. The molecule has 0 N–H and O–H groups in total. The first-order chi connectivity index (χ1) is 13.2. The number of nitrogens with zero attached hydrogens (tertiary/aromatic N) is 2. The Morgan fingerprint density at radius 1 is 1.25 bits per heavy atom. The molecule has 1 amide bonds. The number of ether oxygens (including phenoxy) is 1. The highest BCUT2D eigenvalue weighted by Gasteiger charge is 2.52. The van der Waals surface area contributed by atoms with E-state index in [1.807, 2.05) is 0 Å². The van der Waals surface area contributed by atoms with E-state index in [0.29, 0.717) is 32.5 Å². The molecule has 3 rings (SSSR count). The van der Waals surface area contributed by atoms with Crippen LogP contribution in [-0.4, -0.2) is 68.2 Å². The predicted octanol–water partition coefficient (Wildman–Crippen LogP) is 1.94. The van der Waals surface area contributed by atoms with Crippen molar-refractivity contribution in [2.75, 3.05) is 33.1 Å². The highest BCUT2D eigenvalue weighted by molar-refractivity contribution is 7.88. The van der Waals surface area contributed by atoms with Gasteiger partial charge in [-0.1, -0.05) is 12.1 Å². The molecule has 0 radical (unpaired) electrons. The van der Waals surface area contributed by atoms with E-state index in [2.05, 4.69) is 0 Å². The normalized spacial score (nSPS) is 22.7. The van der Waals surface area contributed by atoms with Gasteiger partial charge in [0, 0.05) is 37.3 Å². The van der Waals surface area contributed by atoms with E-state index in [-0.39, 0.29) is 23.9 Å². The molecule has 0 aliphatic carbocycles. The maximum absolute atomic E-state index is 13.8. The number of sulfonamides is 1. The second-order valence-electron chi connectivity index (χ2n) is 7.70. The first-order valence-electron chi connectivity index (χ1n) is 9.37. The fraction of sp³-hybridized carbons (Fsp3) is 0.632. The van der Waals surface area contributed by atoms with Crippen LogP contribution in [0.15, 0.2) is 18.2 Å². The molecular formula is C19H26F2N2O4S. The van der Waals surface area contributed by atoms with Gasteiger partial charge in [0.2, 0.25) is 15.9 Å². The molecule has 2 fully saturated rings. The van der Waals surface area contributed by atoms with Gasteiger partial charge in [-0.3, -0.25) is 4.79 Å². The molecule has 1 atom stereocenters. The molecule has 0 bridgehead atoms. The summed E-state index contributed by atoms with van der Waals surface area (Å²) in [6.45, 7) is 1.12. The summed E-state index contributed by atoms with van der Waals surface area (Å²) in [5.41, 5.74) is -0.471. The molecular weight excluding hydrogens is 390 g/mol. The van der Waals surface area contributed by atoms with Crippen molar-refractivity contribution in [1.29, 1.82) is 0 Å². The molecule has 156 valence electrons. The summed E-state index contributed by atoms with van der Waals surface area (Å²) < 4.78 is 58.8. The smallest absolute Gasteiger partial charge is 0.227 e. The van der Waals surface area contributed by atoms with Crippen molar-refractivity contribution in [2.24, 2.45) is 0 Å². The van der Waals surface area contributed by atoms with Crippen LogP contribution in [0.1, 0.15) is 31.2 Å². The number of rotatable bonds is 5. The standard InChI is InChI=1S/C19H26F2N2O4S/c1-27-13-15-6-7-19(23(15)28(2,25)26)8-10-22(11-9-19)17(24)12-14-4-3-5-16(20)18(14)21/h3-5,15H,6-13H2,1-2H3/t15-/m0/s1. The maximum Gasteiger partial charge on any atom is 0.227 e. The van der Waals surface area contributed by atoms with Gasteiger partial charge in [-0.2, -0.15) is 4.31 Å². The molecule has 1 spiro atoms. The number of carbonyl (C=O) groups excluding carboxylic acids is 1. The van der Waals surface area contributed by atoms with Gasteiger partial charge in [0.1, 0.15) is 0 Å². The Morgan fingerprint density at radius 2 is 1.93 bits per heavy atom. The van der Waals surface area contributed by atoms with Crippen molar-refractivity contribution in [2.45, 2.75) is 43.7 Å². The zero-order chi connectivity index (χ0) is 20.5. The monoisotopic (exact) mass is 416 g/mol. The van der Waals surface area contributed by atoms with Crippen molar-refractivity contribution in [1.82, 2.24) is 9.21 Å². The molecule has 2 aliphatic rings. The number of methoxy groups -OCH3 is 1. The molecule has 1 aromatic rings. The van der Waals surface area contributed by atoms with Crippen molar-refractivity contribution in [3.8, 4) is 0 Å². The number of piperidine rings is 1. The Balaban J connectivity index is 1.69. The third-order valence-corrected chi connectivity index (χ3v) is 7.28. The third-order valence-electron chi connectivity index (χ3n) is 5.88. The minimum absolute atomic E-state index is 0.0316. The van der Waals surface area contributed by atoms with Gasteiger partial charge in [0.05, 0.1) is 19.3 Å². The summed E-state index contributed by atoms with van der Waals surface area (Å²) in [7, 11) is -1.87. The van der Waals surface area contributed by atoms with Gasteiger partial charge < -0.3 is 9.64 Å². The van der Waals surface area contributed by atoms with Crippen molar-refractivity contribution >= 4 is 15.9 Å². The van der Waals surface area contributed by atoms with E-state index in [4.69, 9.17) is 4.74 Å². The Labute approximate surface area is 164 Å². The number of benzene rings is 1. The van der Waals surface area contributed by atoms with Gasteiger partial charge in [-0.05, 0) is 31.7 Å². The summed E-state index contributed by atoms with van der Waals surface area (Å²) >= 11 is 0. The molecule has 2 heterocycles. The quantitative estimate of drug-likeness (QED) is 0.736. The summed E-state index contributed by atoms with van der Waals surface area (Å²) in [6, 6.07) is 3.61. The Kier molecular flexibility index (Phi) is 6.07. The number of hydrogen-bond acceptors (Lipinski definition) is 4. The van der Waals surface area contributed by atoms with E-state index >= 15 is 0 Å². The summed E-state index contributed by atoms with van der Waals surface area (Å²) in [5, 5.41) is 0. The van der Waals surface area contributed by atoms with Crippen LogP contribution in [-0.2, 0) is 26.0 Å². The van der Waals surface area contributed by atoms with E-state index in [9.17, 15) is 22.0 Å². The average molecular weight is 416 g/mol. The second-order valence-corrected chi connectivity index (χ2v) is 9.56. The van der Waals surface area contributed by atoms with Crippen LogP contribution in [0, 0.1) is 11.6 Å². The van der Waals surface area contributed by atoms with Crippen LogP contribution in [0.5, 0.6) is 0 Å². The zero-order valence-electron chi connectivity index (χ0n) is 16.2. The SMILES string of the molecule is COC[C@@H]1CCC2(CCN(C(=O)Cc3cccc(F)c3F)CC2)N1S(C)(=O)=O. The van der Waals surface area contributed by atoms with Crippen molar-refractivity contribution < 1.29 is 26.7 Å². The topological polar surface area (TPSA) is 66.9 Å². The van der Waals surface area contributed by atoms with Crippen LogP contribution in [0.2, 0.25) is 0 Å². The van der Waals surface area contributed by atoms with Gasteiger partial charge in [0.25, 0.3) is 0 Å². The molecule has 6 nitrogen and oxygen atoms in total.